The van der Waals surface area contributed by atoms with Crippen molar-refractivity contribution in [1.82, 2.24) is 4.90 Å². The smallest absolute Gasteiger partial charge is 0.325 e. The van der Waals surface area contributed by atoms with E-state index in [0.29, 0.717) is 0 Å². The van der Waals surface area contributed by atoms with Crippen LogP contribution in [0.1, 0.15) is 0 Å². The maximum absolute atomic E-state index is 12.3. The minimum atomic E-state index is -0.0161. The van der Waals surface area contributed by atoms with Crippen LogP contribution in [0.15, 0.2) is 42.5 Å². The first kappa shape index (κ1) is 11.3. The van der Waals surface area contributed by atoms with Crippen molar-refractivity contribution in [2.75, 3.05) is 19.1 Å². The summed E-state index contributed by atoms with van der Waals surface area (Å²) in [4.78, 5) is 15.9. The van der Waals surface area contributed by atoms with E-state index in [2.05, 4.69) is 6.08 Å². The lowest BCUT2D eigenvalue weighted by Gasteiger charge is -2.23. The lowest BCUT2D eigenvalue weighted by molar-refractivity contribution is 0.0859. The van der Waals surface area contributed by atoms with Gasteiger partial charge in [0.25, 0.3) is 0 Å². The van der Waals surface area contributed by atoms with Gasteiger partial charge in [-0.2, -0.15) is 0 Å². The van der Waals surface area contributed by atoms with Gasteiger partial charge in [-0.25, -0.2) is 4.79 Å². The van der Waals surface area contributed by atoms with Crippen molar-refractivity contribution in [1.29, 1.82) is 0 Å². The van der Waals surface area contributed by atoms with Gasteiger partial charge in [0.05, 0.1) is 18.2 Å². The van der Waals surface area contributed by atoms with E-state index in [9.17, 15) is 4.79 Å². The Kier molecular flexibility index (Phi) is 2.59. The maximum atomic E-state index is 12.3. The normalized spacial score (nSPS) is 30.1. The molecule has 4 nitrogen and oxygen atoms in total. The van der Waals surface area contributed by atoms with Crippen molar-refractivity contribution in [3.63, 3.8) is 0 Å². The van der Waals surface area contributed by atoms with Gasteiger partial charge in [0.15, 0.2) is 0 Å². The first-order chi connectivity index (χ1) is 8.74. The van der Waals surface area contributed by atoms with E-state index in [1.165, 1.54) is 0 Å². The first-order valence-corrected chi connectivity index (χ1v) is 6.06. The Morgan fingerprint density at radius 2 is 1.89 bits per heavy atom. The highest BCUT2D eigenvalue weighted by atomic mass is 16.5. The van der Waals surface area contributed by atoms with E-state index in [4.69, 9.17) is 4.74 Å². The van der Waals surface area contributed by atoms with Crippen LogP contribution in [-0.4, -0.2) is 43.3 Å². The Bertz CT molecular complexity index is 486. The summed E-state index contributed by atoms with van der Waals surface area (Å²) in [5, 5.41) is 0. The molecule has 1 heterocycles. The molecule has 0 unspecified atom stereocenters. The fraction of sp³-hybridized carbons (Fsp3) is 0.357. The number of hydrogen-bond acceptors (Lipinski definition) is 2. The molecule has 94 valence electrons. The Morgan fingerprint density at radius 3 is 2.56 bits per heavy atom. The Hall–Kier alpha value is -1.81. The van der Waals surface area contributed by atoms with Gasteiger partial charge in [-0.3, -0.25) is 4.90 Å². The van der Waals surface area contributed by atoms with E-state index in [1.54, 1.807) is 12.0 Å². The number of amides is 2. The third-order valence-electron chi connectivity index (χ3n) is 3.74. The minimum absolute atomic E-state index is 0.0161. The molecule has 1 fully saturated rings. The van der Waals surface area contributed by atoms with Crippen LogP contribution in [0.3, 0.4) is 0 Å². The molecule has 0 saturated carbocycles. The Morgan fingerprint density at radius 1 is 1.17 bits per heavy atom. The molecule has 2 aliphatic rings. The average Bonchev–Trinajstić information content (AvgIpc) is 2.92. The van der Waals surface area contributed by atoms with Crippen LogP contribution in [0.25, 0.3) is 0 Å². The molecule has 1 aliphatic carbocycles. The molecule has 0 N–H and O–H groups in total. The first-order valence-electron chi connectivity index (χ1n) is 6.06. The lowest BCUT2D eigenvalue weighted by Crippen LogP contribution is -2.40. The second-order valence-corrected chi connectivity index (χ2v) is 4.67. The van der Waals surface area contributed by atoms with Crippen LogP contribution in [0.2, 0.25) is 0 Å². The number of anilines is 1. The Labute approximate surface area is 106 Å². The largest absolute Gasteiger partial charge is 0.375 e. The number of para-hydroxylation sites is 1. The number of ether oxygens (including phenoxy) is 1. The van der Waals surface area contributed by atoms with Gasteiger partial charge in [0, 0.05) is 19.8 Å². The molecule has 0 spiro atoms. The molecule has 0 aromatic heterocycles. The van der Waals surface area contributed by atoms with Gasteiger partial charge >= 0.3 is 6.03 Å². The van der Waals surface area contributed by atoms with E-state index in [1.807, 2.05) is 48.4 Å². The van der Waals surface area contributed by atoms with Crippen molar-refractivity contribution < 1.29 is 9.53 Å². The number of hydrogen-bond donors (Lipinski definition) is 0. The fourth-order valence-corrected chi connectivity index (χ4v) is 2.85. The number of benzene rings is 1. The SMILES string of the molecule is CO[C@@H]1C=C[C@@H]2[C@H]1N(C)C(=O)N2c1ccccc1. The fourth-order valence-electron chi connectivity index (χ4n) is 2.85. The van der Waals surface area contributed by atoms with Gasteiger partial charge in [-0.1, -0.05) is 30.4 Å². The molecule has 0 radical (unpaired) electrons. The highest BCUT2D eigenvalue weighted by molar-refractivity contribution is 5.96. The lowest BCUT2D eigenvalue weighted by atomic mass is 10.1. The zero-order valence-corrected chi connectivity index (χ0v) is 10.5. The number of nitrogens with zero attached hydrogens (tertiary/aromatic N) is 2. The molecule has 1 aromatic rings. The topological polar surface area (TPSA) is 32.8 Å². The highest BCUT2D eigenvalue weighted by Crippen LogP contribution is 2.34. The number of urea groups is 1. The maximum Gasteiger partial charge on any atom is 0.325 e. The van der Waals surface area contributed by atoms with Crippen molar-refractivity contribution in [2.24, 2.45) is 0 Å². The summed E-state index contributed by atoms with van der Waals surface area (Å²) in [7, 11) is 3.52. The van der Waals surface area contributed by atoms with Crippen molar-refractivity contribution in [3.05, 3.63) is 42.5 Å². The number of carbonyl (C=O) groups is 1. The summed E-state index contributed by atoms with van der Waals surface area (Å²) >= 11 is 0. The Balaban J connectivity index is 1.98. The van der Waals surface area contributed by atoms with Crippen LogP contribution in [0.5, 0.6) is 0 Å². The highest BCUT2D eigenvalue weighted by Gasteiger charge is 2.49. The molecule has 1 aliphatic heterocycles. The van der Waals surface area contributed by atoms with E-state index in [-0.39, 0.29) is 24.2 Å². The summed E-state index contributed by atoms with van der Waals surface area (Å²) in [6, 6.07) is 9.93. The molecule has 1 saturated heterocycles. The van der Waals surface area contributed by atoms with Crippen molar-refractivity contribution >= 4 is 11.7 Å². The van der Waals surface area contributed by atoms with Gasteiger partial charge in [0.1, 0.15) is 0 Å². The molecule has 3 rings (SSSR count). The van der Waals surface area contributed by atoms with Crippen LogP contribution >= 0.6 is 0 Å². The minimum Gasteiger partial charge on any atom is -0.375 e. The zero-order chi connectivity index (χ0) is 12.7. The summed E-state index contributed by atoms with van der Waals surface area (Å²) in [5.41, 5.74) is 0.934. The van der Waals surface area contributed by atoms with Crippen LogP contribution in [-0.2, 0) is 4.74 Å². The molecule has 18 heavy (non-hydrogen) atoms. The number of methoxy groups -OCH3 is 1. The standard InChI is InChI=1S/C14H16N2O2/c1-15-13-11(8-9-12(13)18-2)16(14(15)17)10-6-4-3-5-7-10/h3-9,11-13H,1-2H3/t11-,12-,13-/m1/s1. The summed E-state index contributed by atoms with van der Waals surface area (Å²) in [5.74, 6) is 0. The third kappa shape index (κ3) is 1.46. The second kappa shape index (κ2) is 4.14. The van der Waals surface area contributed by atoms with Gasteiger partial charge in [-0.05, 0) is 12.1 Å². The quantitative estimate of drug-likeness (QED) is 0.744. The van der Waals surface area contributed by atoms with Crippen molar-refractivity contribution in [3.8, 4) is 0 Å². The average molecular weight is 244 g/mol. The number of rotatable bonds is 2. The molecule has 0 bridgehead atoms. The number of likely N-dealkylation sites (N-methyl/N-ethyl adjacent to an activating group) is 1. The predicted octanol–water partition coefficient (Wildman–Crippen LogP) is 1.88. The van der Waals surface area contributed by atoms with Crippen LogP contribution < -0.4 is 4.90 Å². The van der Waals surface area contributed by atoms with Crippen LogP contribution in [0, 0.1) is 0 Å². The van der Waals surface area contributed by atoms with E-state index >= 15 is 0 Å². The summed E-state index contributed by atoms with van der Waals surface area (Å²) in [6.45, 7) is 0. The second-order valence-electron chi connectivity index (χ2n) is 4.67. The molecule has 3 atom stereocenters. The zero-order valence-electron chi connectivity index (χ0n) is 10.5. The molecule has 2 amide bonds. The van der Waals surface area contributed by atoms with Gasteiger partial charge < -0.3 is 9.64 Å². The molecular formula is C14H16N2O2. The van der Waals surface area contributed by atoms with Gasteiger partial charge in [0.2, 0.25) is 0 Å². The summed E-state index contributed by atoms with van der Waals surface area (Å²) in [6.07, 6.45) is 4.08. The van der Waals surface area contributed by atoms with E-state index in [0.717, 1.165) is 5.69 Å². The molecule has 4 heteroatoms. The van der Waals surface area contributed by atoms with Crippen molar-refractivity contribution in [2.45, 2.75) is 18.2 Å². The van der Waals surface area contributed by atoms with Crippen LogP contribution in [0.4, 0.5) is 10.5 Å². The predicted molar refractivity (Wildman–Crippen MR) is 69.6 cm³/mol. The van der Waals surface area contributed by atoms with E-state index < -0.39 is 0 Å². The van der Waals surface area contributed by atoms with Gasteiger partial charge in [-0.15, -0.1) is 0 Å². The number of fused-ring (bicyclic) bond motifs is 1. The molecule has 1 aromatic carbocycles. The summed E-state index contributed by atoms with van der Waals surface area (Å²) < 4.78 is 5.42. The monoisotopic (exact) mass is 244 g/mol. The number of carbonyl (C=O) groups excluding carboxylic acids is 1. The third-order valence-corrected chi connectivity index (χ3v) is 3.74. The molecular weight excluding hydrogens is 228 g/mol.